The number of benzene rings is 1. The van der Waals surface area contributed by atoms with Crippen molar-refractivity contribution in [3.05, 3.63) is 48.0 Å². The van der Waals surface area contributed by atoms with Crippen LogP contribution in [0.2, 0.25) is 0 Å². The van der Waals surface area contributed by atoms with E-state index in [0.29, 0.717) is 6.04 Å². The van der Waals surface area contributed by atoms with Crippen LogP contribution in [0.5, 0.6) is 11.5 Å². The topological polar surface area (TPSA) is 56.3 Å². The molecule has 0 amide bonds. The van der Waals surface area contributed by atoms with Crippen molar-refractivity contribution in [2.45, 2.75) is 25.9 Å². The number of rotatable bonds is 7. The van der Waals surface area contributed by atoms with Gasteiger partial charge in [0.25, 0.3) is 0 Å². The minimum absolute atomic E-state index is 0.332. The molecular weight excluding hydrogens is 266 g/mol. The molecule has 21 heavy (non-hydrogen) atoms. The Kier molecular flexibility index (Phi) is 5.51. The van der Waals surface area contributed by atoms with Crippen LogP contribution in [0.3, 0.4) is 0 Å². The number of aromatic nitrogens is 2. The number of nitrogens with one attached hydrogen (secondary N) is 1. The highest BCUT2D eigenvalue weighted by Gasteiger charge is 2.08. The van der Waals surface area contributed by atoms with Crippen LogP contribution in [0.25, 0.3) is 0 Å². The third-order valence-corrected chi connectivity index (χ3v) is 3.26. The van der Waals surface area contributed by atoms with Gasteiger partial charge in [0.05, 0.1) is 19.9 Å². The first-order chi connectivity index (χ1) is 10.2. The molecule has 0 fully saturated rings. The zero-order valence-corrected chi connectivity index (χ0v) is 12.7. The number of hydrogen-bond donors (Lipinski definition) is 1. The molecule has 0 aliphatic carbocycles. The molecule has 0 aliphatic rings. The van der Waals surface area contributed by atoms with Crippen LogP contribution < -0.4 is 14.8 Å². The minimum atomic E-state index is 0.332. The monoisotopic (exact) mass is 287 g/mol. The van der Waals surface area contributed by atoms with Crippen LogP contribution in [-0.2, 0) is 13.0 Å². The average molecular weight is 287 g/mol. The number of ether oxygens (including phenoxy) is 2. The Morgan fingerprint density at radius 3 is 2.62 bits per heavy atom. The summed E-state index contributed by atoms with van der Waals surface area (Å²) in [5.74, 6) is 1.51. The van der Waals surface area contributed by atoms with Crippen molar-refractivity contribution in [2.24, 2.45) is 0 Å². The van der Waals surface area contributed by atoms with E-state index < -0.39 is 0 Å². The van der Waals surface area contributed by atoms with E-state index in [1.807, 2.05) is 18.2 Å². The van der Waals surface area contributed by atoms with Gasteiger partial charge >= 0.3 is 0 Å². The predicted octanol–water partition coefficient (Wildman–Crippen LogP) is 2.21. The highest BCUT2D eigenvalue weighted by Crippen LogP contribution is 2.27. The van der Waals surface area contributed by atoms with Crippen molar-refractivity contribution in [3.63, 3.8) is 0 Å². The summed E-state index contributed by atoms with van der Waals surface area (Å²) in [6.45, 7) is 2.88. The Hall–Kier alpha value is -2.14. The van der Waals surface area contributed by atoms with Crippen LogP contribution in [-0.4, -0.2) is 30.2 Å². The zero-order valence-electron chi connectivity index (χ0n) is 12.7. The maximum atomic E-state index is 5.33. The Labute approximate surface area is 125 Å². The molecule has 112 valence electrons. The molecule has 1 aromatic heterocycles. The second kappa shape index (κ2) is 7.59. The highest BCUT2D eigenvalue weighted by atomic mass is 16.5. The molecule has 0 aliphatic heterocycles. The van der Waals surface area contributed by atoms with E-state index in [0.717, 1.165) is 30.2 Å². The van der Waals surface area contributed by atoms with Crippen molar-refractivity contribution < 1.29 is 9.47 Å². The summed E-state index contributed by atoms with van der Waals surface area (Å²) in [6.07, 6.45) is 4.23. The van der Waals surface area contributed by atoms with E-state index in [1.165, 1.54) is 5.56 Å². The lowest BCUT2D eigenvalue weighted by molar-refractivity contribution is 0.354. The summed E-state index contributed by atoms with van der Waals surface area (Å²) in [5, 5.41) is 3.45. The van der Waals surface area contributed by atoms with Gasteiger partial charge in [0.2, 0.25) is 0 Å². The largest absolute Gasteiger partial charge is 0.493 e. The Morgan fingerprint density at radius 1 is 1.14 bits per heavy atom. The molecule has 1 N–H and O–H groups in total. The predicted molar refractivity (Wildman–Crippen MR) is 81.6 cm³/mol. The molecule has 0 saturated carbocycles. The molecule has 0 bridgehead atoms. The molecule has 1 unspecified atom stereocenters. The smallest absolute Gasteiger partial charge is 0.160 e. The molecule has 0 saturated heterocycles. The van der Waals surface area contributed by atoms with Gasteiger partial charge in [0, 0.05) is 18.8 Å². The van der Waals surface area contributed by atoms with Gasteiger partial charge in [-0.05, 0) is 37.1 Å². The van der Waals surface area contributed by atoms with E-state index in [4.69, 9.17) is 9.47 Å². The summed E-state index contributed by atoms with van der Waals surface area (Å²) < 4.78 is 10.6. The molecule has 5 heteroatoms. The van der Waals surface area contributed by atoms with Gasteiger partial charge in [0.15, 0.2) is 11.5 Å². The van der Waals surface area contributed by atoms with Crippen LogP contribution >= 0.6 is 0 Å². The molecule has 5 nitrogen and oxygen atoms in total. The average Bonchev–Trinajstić information content (AvgIpc) is 2.53. The SMILES string of the molecule is COc1ccc(CC(C)NCc2ccncn2)cc1OC. The summed E-state index contributed by atoms with van der Waals surface area (Å²) in [5.41, 5.74) is 2.19. The maximum Gasteiger partial charge on any atom is 0.160 e. The minimum Gasteiger partial charge on any atom is -0.493 e. The van der Waals surface area contributed by atoms with Crippen LogP contribution in [0.4, 0.5) is 0 Å². The first kappa shape index (κ1) is 15.3. The van der Waals surface area contributed by atoms with Crippen molar-refractivity contribution >= 4 is 0 Å². The van der Waals surface area contributed by atoms with Crippen LogP contribution in [0, 0.1) is 0 Å². The Balaban J connectivity index is 1.91. The highest BCUT2D eigenvalue weighted by molar-refractivity contribution is 5.43. The number of hydrogen-bond acceptors (Lipinski definition) is 5. The standard InChI is InChI=1S/C16H21N3O2/c1-12(18-10-14-6-7-17-11-19-14)8-13-4-5-15(20-2)16(9-13)21-3/h4-7,9,11-12,18H,8,10H2,1-3H3. The third-order valence-electron chi connectivity index (χ3n) is 3.26. The van der Waals surface area contributed by atoms with Crippen LogP contribution in [0.1, 0.15) is 18.2 Å². The van der Waals surface area contributed by atoms with Gasteiger partial charge < -0.3 is 14.8 Å². The molecule has 2 aromatic rings. The van der Waals surface area contributed by atoms with Gasteiger partial charge in [0.1, 0.15) is 6.33 Å². The second-order valence-corrected chi connectivity index (χ2v) is 4.88. The molecule has 0 spiro atoms. The van der Waals surface area contributed by atoms with E-state index >= 15 is 0 Å². The zero-order chi connectivity index (χ0) is 15.1. The van der Waals surface area contributed by atoms with Crippen molar-refractivity contribution in [1.82, 2.24) is 15.3 Å². The fourth-order valence-corrected chi connectivity index (χ4v) is 2.13. The lowest BCUT2D eigenvalue weighted by Crippen LogP contribution is -2.27. The van der Waals surface area contributed by atoms with Gasteiger partial charge in [-0.3, -0.25) is 0 Å². The summed E-state index contributed by atoms with van der Waals surface area (Å²) in [6, 6.07) is 8.26. The lowest BCUT2D eigenvalue weighted by atomic mass is 10.1. The molecule has 1 heterocycles. The molecule has 1 aromatic carbocycles. The fourth-order valence-electron chi connectivity index (χ4n) is 2.13. The third kappa shape index (κ3) is 4.43. The van der Waals surface area contributed by atoms with Gasteiger partial charge in [-0.2, -0.15) is 0 Å². The summed E-state index contributed by atoms with van der Waals surface area (Å²) >= 11 is 0. The normalized spacial score (nSPS) is 12.0. The molecule has 2 rings (SSSR count). The van der Waals surface area contributed by atoms with Gasteiger partial charge in [-0.25, -0.2) is 9.97 Å². The van der Waals surface area contributed by atoms with Crippen molar-refractivity contribution in [2.75, 3.05) is 14.2 Å². The Bertz CT molecular complexity index is 561. The van der Waals surface area contributed by atoms with E-state index in [2.05, 4.69) is 28.3 Å². The lowest BCUT2D eigenvalue weighted by Gasteiger charge is -2.15. The Morgan fingerprint density at radius 2 is 1.95 bits per heavy atom. The van der Waals surface area contributed by atoms with Crippen molar-refractivity contribution in [3.8, 4) is 11.5 Å². The van der Waals surface area contributed by atoms with Crippen molar-refractivity contribution in [1.29, 1.82) is 0 Å². The number of nitrogens with zero attached hydrogens (tertiary/aromatic N) is 2. The summed E-state index contributed by atoms with van der Waals surface area (Å²) in [4.78, 5) is 8.11. The van der Waals surface area contributed by atoms with E-state index in [-0.39, 0.29) is 0 Å². The molecular formula is C16H21N3O2. The first-order valence-corrected chi connectivity index (χ1v) is 6.92. The first-order valence-electron chi connectivity index (χ1n) is 6.92. The quantitative estimate of drug-likeness (QED) is 0.846. The van der Waals surface area contributed by atoms with E-state index in [9.17, 15) is 0 Å². The van der Waals surface area contributed by atoms with Gasteiger partial charge in [-0.1, -0.05) is 6.07 Å². The van der Waals surface area contributed by atoms with Crippen LogP contribution in [0.15, 0.2) is 36.8 Å². The maximum absolute atomic E-state index is 5.33. The van der Waals surface area contributed by atoms with E-state index in [1.54, 1.807) is 26.7 Å². The molecule has 1 atom stereocenters. The molecule has 0 radical (unpaired) electrons. The second-order valence-electron chi connectivity index (χ2n) is 4.88. The number of methoxy groups -OCH3 is 2. The fraction of sp³-hybridized carbons (Fsp3) is 0.375. The van der Waals surface area contributed by atoms with Gasteiger partial charge in [-0.15, -0.1) is 0 Å². The summed E-state index contributed by atoms with van der Waals surface area (Å²) in [7, 11) is 3.29.